The topological polar surface area (TPSA) is 80.0 Å². The molecule has 162 valence electrons. The monoisotopic (exact) mass is 467 g/mol. The Bertz CT molecular complexity index is 1270. The molecular weight excluding hydrogens is 449 g/mol. The average molecular weight is 468 g/mol. The van der Waals surface area contributed by atoms with E-state index in [4.69, 9.17) is 23.2 Å². The van der Waals surface area contributed by atoms with E-state index in [1.165, 1.54) is 6.33 Å². The summed E-state index contributed by atoms with van der Waals surface area (Å²) in [5.74, 6) is 0.624. The molecule has 1 fully saturated rings. The molecule has 1 saturated heterocycles. The van der Waals surface area contributed by atoms with Crippen molar-refractivity contribution in [2.45, 2.75) is 6.54 Å². The molecule has 0 atom stereocenters. The Morgan fingerprint density at radius 3 is 2.50 bits per heavy atom. The van der Waals surface area contributed by atoms with Crippen molar-refractivity contribution in [2.75, 3.05) is 31.1 Å². The van der Waals surface area contributed by atoms with E-state index in [2.05, 4.69) is 25.2 Å². The van der Waals surface area contributed by atoms with Crippen molar-refractivity contribution in [3.8, 4) is 0 Å². The predicted molar refractivity (Wildman–Crippen MR) is 123 cm³/mol. The number of carbonyl (C=O) groups excluding carboxylic acids is 1. The molecule has 10 heteroatoms. The van der Waals surface area contributed by atoms with Crippen LogP contribution in [-0.4, -0.2) is 61.9 Å². The highest BCUT2D eigenvalue weighted by Gasteiger charge is 2.26. The van der Waals surface area contributed by atoms with E-state index in [1.54, 1.807) is 27.8 Å². The second-order valence-corrected chi connectivity index (χ2v) is 8.35. The van der Waals surface area contributed by atoms with Gasteiger partial charge in [-0.1, -0.05) is 58.7 Å². The fourth-order valence-corrected chi connectivity index (χ4v) is 4.32. The second-order valence-electron chi connectivity index (χ2n) is 7.51. The van der Waals surface area contributed by atoms with Gasteiger partial charge in [0.15, 0.2) is 17.0 Å². The number of anilines is 1. The smallest absolute Gasteiger partial charge is 0.255 e. The molecule has 0 saturated carbocycles. The van der Waals surface area contributed by atoms with Crippen molar-refractivity contribution in [1.29, 1.82) is 0 Å². The van der Waals surface area contributed by atoms with Gasteiger partial charge in [0.2, 0.25) is 0 Å². The van der Waals surface area contributed by atoms with E-state index in [0.717, 1.165) is 11.4 Å². The Hall–Kier alpha value is -3.23. The lowest BCUT2D eigenvalue weighted by Crippen LogP contribution is -2.49. The minimum absolute atomic E-state index is 0.104. The number of benzene rings is 2. The van der Waals surface area contributed by atoms with Crippen LogP contribution in [0.1, 0.15) is 15.9 Å². The molecule has 2 aromatic heterocycles. The summed E-state index contributed by atoms with van der Waals surface area (Å²) in [5, 5.41) is 9.50. The number of nitrogens with zero attached hydrogens (tertiary/aromatic N) is 7. The Balaban J connectivity index is 1.32. The number of carbonyl (C=O) groups is 1. The summed E-state index contributed by atoms with van der Waals surface area (Å²) < 4.78 is 1.78. The first-order valence-electron chi connectivity index (χ1n) is 10.2. The summed E-state index contributed by atoms with van der Waals surface area (Å²) in [7, 11) is 0. The summed E-state index contributed by atoms with van der Waals surface area (Å²) in [6.45, 7) is 2.91. The first kappa shape index (κ1) is 20.7. The van der Waals surface area contributed by atoms with Crippen LogP contribution in [-0.2, 0) is 6.54 Å². The third-order valence-corrected chi connectivity index (χ3v) is 6.03. The molecule has 8 nitrogen and oxygen atoms in total. The largest absolute Gasteiger partial charge is 0.351 e. The molecule has 1 aliphatic heterocycles. The van der Waals surface area contributed by atoms with Gasteiger partial charge in [-0.05, 0) is 23.8 Å². The van der Waals surface area contributed by atoms with Crippen LogP contribution in [0.25, 0.3) is 11.2 Å². The van der Waals surface area contributed by atoms with Crippen LogP contribution in [0.5, 0.6) is 0 Å². The summed E-state index contributed by atoms with van der Waals surface area (Å²) in [6, 6.07) is 15.0. The van der Waals surface area contributed by atoms with Crippen LogP contribution < -0.4 is 4.90 Å². The molecular formula is C22H19Cl2N7O. The normalized spacial score (nSPS) is 14.2. The summed E-state index contributed by atoms with van der Waals surface area (Å²) >= 11 is 12.2. The van der Waals surface area contributed by atoms with Gasteiger partial charge in [0, 0.05) is 31.2 Å². The number of aromatic nitrogens is 5. The van der Waals surface area contributed by atoms with Crippen LogP contribution in [0.2, 0.25) is 10.0 Å². The first-order valence-corrected chi connectivity index (χ1v) is 10.9. The van der Waals surface area contributed by atoms with E-state index in [0.29, 0.717) is 59.5 Å². The lowest BCUT2D eigenvalue weighted by Gasteiger charge is -2.35. The van der Waals surface area contributed by atoms with Gasteiger partial charge in [0.25, 0.3) is 5.91 Å². The predicted octanol–water partition coefficient (Wildman–Crippen LogP) is 3.54. The molecule has 1 amide bonds. The van der Waals surface area contributed by atoms with Gasteiger partial charge in [-0.25, -0.2) is 14.6 Å². The maximum atomic E-state index is 12.9. The van der Waals surface area contributed by atoms with E-state index in [1.807, 2.05) is 30.3 Å². The molecule has 3 heterocycles. The van der Waals surface area contributed by atoms with Crippen LogP contribution in [0.15, 0.2) is 54.9 Å². The highest BCUT2D eigenvalue weighted by Crippen LogP contribution is 2.25. The van der Waals surface area contributed by atoms with Gasteiger partial charge in [0.1, 0.15) is 6.33 Å². The third-order valence-electron chi connectivity index (χ3n) is 5.48. The van der Waals surface area contributed by atoms with Crippen LogP contribution >= 0.6 is 23.2 Å². The first-order chi connectivity index (χ1) is 15.6. The van der Waals surface area contributed by atoms with Crippen LogP contribution in [0, 0.1) is 0 Å². The number of halogens is 2. The molecule has 2 aromatic carbocycles. The van der Waals surface area contributed by atoms with Gasteiger partial charge in [-0.3, -0.25) is 4.79 Å². The zero-order chi connectivity index (χ0) is 22.1. The third kappa shape index (κ3) is 3.99. The molecule has 0 radical (unpaired) electrons. The van der Waals surface area contributed by atoms with Crippen molar-refractivity contribution in [2.24, 2.45) is 0 Å². The fourth-order valence-electron chi connectivity index (χ4n) is 3.83. The lowest BCUT2D eigenvalue weighted by molar-refractivity contribution is 0.0747. The average Bonchev–Trinajstić information content (AvgIpc) is 3.22. The maximum Gasteiger partial charge on any atom is 0.255 e. The van der Waals surface area contributed by atoms with E-state index in [9.17, 15) is 4.79 Å². The van der Waals surface area contributed by atoms with Crippen molar-refractivity contribution in [3.63, 3.8) is 0 Å². The number of amides is 1. The van der Waals surface area contributed by atoms with Crippen molar-refractivity contribution in [3.05, 3.63) is 76.0 Å². The van der Waals surface area contributed by atoms with E-state index < -0.39 is 0 Å². The van der Waals surface area contributed by atoms with Crippen molar-refractivity contribution >= 4 is 46.1 Å². The Kier molecular flexibility index (Phi) is 5.63. The van der Waals surface area contributed by atoms with Gasteiger partial charge in [0.05, 0.1) is 17.1 Å². The Labute approximate surface area is 194 Å². The molecule has 0 unspecified atom stereocenters. The minimum Gasteiger partial charge on any atom is -0.351 e. The number of hydrogen-bond donors (Lipinski definition) is 0. The minimum atomic E-state index is -0.104. The molecule has 0 N–H and O–H groups in total. The number of hydrogen-bond acceptors (Lipinski definition) is 6. The molecule has 0 bridgehead atoms. The molecule has 0 spiro atoms. The zero-order valence-corrected chi connectivity index (χ0v) is 18.5. The highest BCUT2D eigenvalue weighted by atomic mass is 35.5. The summed E-state index contributed by atoms with van der Waals surface area (Å²) in [5.41, 5.74) is 2.92. The Morgan fingerprint density at radius 2 is 1.75 bits per heavy atom. The lowest BCUT2D eigenvalue weighted by atomic mass is 10.1. The van der Waals surface area contributed by atoms with Gasteiger partial charge < -0.3 is 9.80 Å². The molecule has 0 aliphatic carbocycles. The maximum absolute atomic E-state index is 12.9. The summed E-state index contributed by atoms with van der Waals surface area (Å²) in [4.78, 5) is 25.7. The van der Waals surface area contributed by atoms with Gasteiger partial charge in [-0.15, -0.1) is 5.10 Å². The van der Waals surface area contributed by atoms with Crippen molar-refractivity contribution < 1.29 is 4.79 Å². The van der Waals surface area contributed by atoms with Crippen molar-refractivity contribution in [1.82, 2.24) is 29.9 Å². The highest BCUT2D eigenvalue weighted by molar-refractivity contribution is 6.36. The second kappa shape index (κ2) is 8.72. The zero-order valence-electron chi connectivity index (χ0n) is 17.0. The molecule has 4 aromatic rings. The van der Waals surface area contributed by atoms with E-state index >= 15 is 0 Å². The van der Waals surface area contributed by atoms with Crippen LogP contribution in [0.3, 0.4) is 0 Å². The van der Waals surface area contributed by atoms with Gasteiger partial charge in [-0.2, -0.15) is 0 Å². The SMILES string of the molecule is O=C(c1ccc(Cl)cc1Cl)N1CCN(c2ncnc3c2nnn3Cc2ccccc2)CC1. The number of fused-ring (bicyclic) bond motifs is 1. The number of rotatable bonds is 4. The Morgan fingerprint density at radius 1 is 0.969 bits per heavy atom. The summed E-state index contributed by atoms with van der Waals surface area (Å²) in [6.07, 6.45) is 1.54. The van der Waals surface area contributed by atoms with E-state index in [-0.39, 0.29) is 5.91 Å². The van der Waals surface area contributed by atoms with Gasteiger partial charge >= 0.3 is 0 Å². The van der Waals surface area contributed by atoms with Crippen LogP contribution in [0.4, 0.5) is 5.82 Å². The molecule has 5 rings (SSSR count). The quantitative estimate of drug-likeness (QED) is 0.456. The standard InChI is InChI=1S/C22H19Cl2N7O/c23-16-6-7-17(18(24)12-16)22(32)30-10-8-29(9-11-30)20-19-21(26-14-25-20)31(28-27-19)13-15-4-2-1-3-5-15/h1-7,12,14H,8-11,13H2. The molecule has 1 aliphatic rings. The fraction of sp³-hybridized carbons (Fsp3) is 0.227. The number of piperazine rings is 1. The molecule has 32 heavy (non-hydrogen) atoms.